The Hall–Kier alpha value is -2.15. The lowest BCUT2D eigenvalue weighted by atomic mass is 10.2. The lowest BCUT2D eigenvalue weighted by Gasteiger charge is -2.15. The Morgan fingerprint density at radius 2 is 2.10 bits per heavy atom. The van der Waals surface area contributed by atoms with E-state index in [-0.39, 0.29) is 12.1 Å². The molecular formula is C18H15ClF4IN5O. The largest absolute Gasteiger partial charge is 0.432 e. The van der Waals surface area contributed by atoms with Crippen LogP contribution in [-0.2, 0) is 4.79 Å². The third kappa shape index (κ3) is 4.46. The minimum absolute atomic E-state index is 0.170. The van der Waals surface area contributed by atoms with E-state index in [1.54, 1.807) is 12.1 Å². The van der Waals surface area contributed by atoms with Crippen molar-refractivity contribution in [3.8, 4) is 5.69 Å². The summed E-state index contributed by atoms with van der Waals surface area (Å²) >= 11 is 7.68. The van der Waals surface area contributed by atoms with Crippen LogP contribution in [0.2, 0.25) is 0 Å². The molecule has 160 valence electrons. The van der Waals surface area contributed by atoms with Crippen molar-refractivity contribution in [3.05, 3.63) is 50.7 Å². The van der Waals surface area contributed by atoms with Gasteiger partial charge < -0.3 is 10.6 Å². The zero-order valence-electron chi connectivity index (χ0n) is 15.4. The Bertz CT molecular complexity index is 1050. The van der Waals surface area contributed by atoms with Gasteiger partial charge in [0.25, 0.3) is 5.91 Å². The van der Waals surface area contributed by atoms with Crippen molar-refractivity contribution in [1.82, 2.24) is 9.78 Å². The molecule has 1 aromatic carbocycles. The lowest BCUT2D eigenvalue weighted by molar-refractivity contribution is -0.118. The first-order valence-corrected chi connectivity index (χ1v) is 10.0. The number of nitrogens with zero attached hydrogens (tertiary/aromatic N) is 4. The van der Waals surface area contributed by atoms with Gasteiger partial charge in [0, 0.05) is 6.54 Å². The van der Waals surface area contributed by atoms with Gasteiger partial charge in [0.1, 0.15) is 21.3 Å². The van der Waals surface area contributed by atoms with E-state index in [2.05, 4.69) is 10.1 Å². The minimum atomic E-state index is -4.79. The number of rotatable bonds is 4. The van der Waals surface area contributed by atoms with Crippen LogP contribution in [0.5, 0.6) is 0 Å². The van der Waals surface area contributed by atoms with Crippen LogP contribution in [0.15, 0.2) is 46.2 Å². The predicted molar refractivity (Wildman–Crippen MR) is 113 cm³/mol. The maximum atomic E-state index is 13.5. The van der Waals surface area contributed by atoms with Crippen LogP contribution in [0.3, 0.4) is 0 Å². The molecule has 12 heteroatoms. The van der Waals surface area contributed by atoms with E-state index in [4.69, 9.17) is 17.3 Å². The van der Waals surface area contributed by atoms with Gasteiger partial charge in [0.2, 0.25) is 0 Å². The molecule has 2 N–H and O–H groups in total. The molecule has 6 nitrogen and oxygen atoms in total. The number of benzene rings is 1. The second-order valence-corrected chi connectivity index (χ2v) is 7.85. The van der Waals surface area contributed by atoms with E-state index < -0.39 is 34.7 Å². The van der Waals surface area contributed by atoms with E-state index in [9.17, 15) is 22.4 Å². The molecule has 1 aliphatic heterocycles. The summed E-state index contributed by atoms with van der Waals surface area (Å²) in [5, 5.41) is 3.48. The maximum Gasteiger partial charge on any atom is 0.432 e. The molecule has 1 amide bonds. The van der Waals surface area contributed by atoms with Crippen molar-refractivity contribution in [1.29, 1.82) is 0 Å². The average Bonchev–Trinajstić information content (AvgIpc) is 3.22. The van der Waals surface area contributed by atoms with Crippen molar-refractivity contribution in [2.24, 2.45) is 10.7 Å². The van der Waals surface area contributed by atoms with Crippen LogP contribution in [-0.4, -0.2) is 40.2 Å². The van der Waals surface area contributed by atoms with Crippen molar-refractivity contribution in [2.45, 2.75) is 25.6 Å². The van der Waals surface area contributed by atoms with Crippen LogP contribution < -0.4 is 10.6 Å². The van der Waals surface area contributed by atoms with E-state index >= 15 is 0 Å². The number of hydrogen-bond acceptors (Lipinski definition) is 4. The SMILES string of the molecule is CC(=NC1CCN(c2cnn(-c3cccc(F)c3)c2I)C1=O)C(Cl)=C(N)C(F)(F)F. The summed E-state index contributed by atoms with van der Waals surface area (Å²) in [5.41, 5.74) is 4.37. The van der Waals surface area contributed by atoms with Crippen LogP contribution in [0.25, 0.3) is 5.69 Å². The fourth-order valence-corrected chi connectivity index (χ4v) is 3.92. The van der Waals surface area contributed by atoms with Crippen LogP contribution in [0.4, 0.5) is 23.2 Å². The number of anilines is 1. The van der Waals surface area contributed by atoms with E-state index in [0.717, 1.165) is 0 Å². The smallest absolute Gasteiger partial charge is 0.393 e. The van der Waals surface area contributed by atoms with E-state index in [0.29, 0.717) is 21.6 Å². The first-order valence-electron chi connectivity index (χ1n) is 8.58. The van der Waals surface area contributed by atoms with Crippen LogP contribution in [0.1, 0.15) is 13.3 Å². The van der Waals surface area contributed by atoms with Gasteiger partial charge in [-0.05, 0) is 54.1 Å². The molecule has 1 aliphatic rings. The second-order valence-electron chi connectivity index (χ2n) is 6.45. The van der Waals surface area contributed by atoms with Gasteiger partial charge in [-0.15, -0.1) is 0 Å². The number of carbonyl (C=O) groups excluding carboxylic acids is 1. The molecule has 3 rings (SSSR count). The lowest BCUT2D eigenvalue weighted by Crippen LogP contribution is -2.29. The summed E-state index contributed by atoms with van der Waals surface area (Å²) in [6.45, 7) is 1.56. The zero-order chi connectivity index (χ0) is 22.2. The first-order chi connectivity index (χ1) is 14.0. The van der Waals surface area contributed by atoms with Crippen molar-refractivity contribution < 1.29 is 22.4 Å². The topological polar surface area (TPSA) is 76.5 Å². The molecular weight excluding hydrogens is 541 g/mol. The molecule has 1 atom stereocenters. The summed E-state index contributed by atoms with van der Waals surface area (Å²) < 4.78 is 53.7. The number of aromatic nitrogens is 2. The number of allylic oxidation sites excluding steroid dienone is 2. The van der Waals surface area contributed by atoms with Gasteiger partial charge in [0.05, 0.1) is 28.3 Å². The zero-order valence-corrected chi connectivity index (χ0v) is 18.3. The predicted octanol–water partition coefficient (Wildman–Crippen LogP) is 4.15. The van der Waals surface area contributed by atoms with E-state index in [1.807, 2.05) is 22.6 Å². The Labute approximate surface area is 187 Å². The first kappa shape index (κ1) is 22.5. The highest BCUT2D eigenvalue weighted by molar-refractivity contribution is 14.1. The second kappa shape index (κ2) is 8.53. The normalized spacial score (nSPS) is 18.8. The number of nitrogens with two attached hydrogens (primary N) is 1. The highest BCUT2D eigenvalue weighted by atomic mass is 127. The fourth-order valence-electron chi connectivity index (χ4n) is 2.93. The Morgan fingerprint density at radius 3 is 2.73 bits per heavy atom. The Kier molecular flexibility index (Phi) is 6.41. The standard InChI is InChI=1S/C18H15ClF4IN5O/c1-9(14(19)15(25)18(21,22)23)27-12-5-6-28(17(12)30)13-8-26-29(16(13)24)11-4-2-3-10(20)7-11/h2-4,7-8,12H,5-6,25H2,1H3. The fraction of sp³-hybridized carbons (Fsp3) is 0.278. The molecule has 1 fully saturated rings. The van der Waals surface area contributed by atoms with Gasteiger partial charge in [-0.2, -0.15) is 18.3 Å². The molecule has 2 aromatic rings. The van der Waals surface area contributed by atoms with Gasteiger partial charge >= 0.3 is 6.18 Å². The number of amides is 1. The third-order valence-corrected chi connectivity index (χ3v) is 5.91. The molecule has 1 aromatic heterocycles. The van der Waals surface area contributed by atoms with Crippen LogP contribution >= 0.6 is 34.2 Å². The summed E-state index contributed by atoms with van der Waals surface area (Å²) in [4.78, 5) is 18.3. The van der Waals surface area contributed by atoms with Crippen molar-refractivity contribution in [2.75, 3.05) is 11.4 Å². The minimum Gasteiger partial charge on any atom is -0.393 e. The number of hydrogen-bond donors (Lipinski definition) is 1. The Balaban J connectivity index is 1.84. The Morgan fingerprint density at radius 1 is 1.40 bits per heavy atom. The molecule has 0 aliphatic carbocycles. The van der Waals surface area contributed by atoms with Gasteiger partial charge in [-0.25, -0.2) is 9.07 Å². The highest BCUT2D eigenvalue weighted by Gasteiger charge is 2.37. The molecule has 1 unspecified atom stereocenters. The number of aliphatic imine (C=N–C) groups is 1. The third-order valence-electron chi connectivity index (χ3n) is 4.42. The van der Waals surface area contributed by atoms with E-state index in [1.165, 1.54) is 34.8 Å². The monoisotopic (exact) mass is 555 g/mol. The maximum absolute atomic E-state index is 13.5. The summed E-state index contributed by atoms with van der Waals surface area (Å²) in [7, 11) is 0. The van der Waals surface area contributed by atoms with Crippen LogP contribution in [0, 0.1) is 9.52 Å². The number of alkyl halides is 3. The molecule has 30 heavy (non-hydrogen) atoms. The van der Waals surface area contributed by atoms with Gasteiger partial charge in [-0.3, -0.25) is 9.79 Å². The molecule has 0 saturated carbocycles. The molecule has 2 heterocycles. The summed E-state index contributed by atoms with van der Waals surface area (Å²) in [6.07, 6.45) is -3.03. The van der Waals surface area contributed by atoms with Gasteiger partial charge in [-0.1, -0.05) is 17.7 Å². The molecule has 1 saturated heterocycles. The molecule has 0 spiro atoms. The van der Waals surface area contributed by atoms with Crippen molar-refractivity contribution >= 4 is 51.5 Å². The quantitative estimate of drug-likeness (QED) is 0.350. The average molecular weight is 556 g/mol. The molecule has 0 bridgehead atoms. The molecule has 0 radical (unpaired) electrons. The number of halogens is 6. The van der Waals surface area contributed by atoms with Crippen molar-refractivity contribution in [3.63, 3.8) is 0 Å². The summed E-state index contributed by atoms with van der Waals surface area (Å²) in [5.74, 6) is -0.827. The number of carbonyl (C=O) groups is 1. The highest BCUT2D eigenvalue weighted by Crippen LogP contribution is 2.31. The summed E-state index contributed by atoms with van der Waals surface area (Å²) in [6, 6.07) is 4.93. The van der Waals surface area contributed by atoms with Gasteiger partial charge in [0.15, 0.2) is 0 Å².